The molecule has 0 aliphatic carbocycles. The summed E-state index contributed by atoms with van der Waals surface area (Å²) in [5.74, 6) is 2.36. The fraction of sp³-hybridized carbons (Fsp3) is 0.529. The Kier molecular flexibility index (Phi) is 4.02. The van der Waals surface area contributed by atoms with Crippen LogP contribution < -0.4 is 0 Å². The quantitative estimate of drug-likeness (QED) is 0.846. The van der Waals surface area contributed by atoms with Gasteiger partial charge < -0.3 is 14.2 Å². The maximum atomic E-state index is 12.6. The molecular weight excluding hydrogens is 308 g/mol. The summed E-state index contributed by atoms with van der Waals surface area (Å²) >= 11 is 0. The van der Waals surface area contributed by atoms with Crippen LogP contribution in [-0.4, -0.2) is 52.2 Å². The molecule has 2 fully saturated rings. The van der Waals surface area contributed by atoms with Gasteiger partial charge in [0.15, 0.2) is 5.82 Å². The number of hydrogen-bond acceptors (Lipinski definition) is 6. The van der Waals surface area contributed by atoms with Crippen LogP contribution in [0.25, 0.3) is 0 Å². The lowest BCUT2D eigenvalue weighted by Gasteiger charge is -2.31. The molecule has 0 saturated carbocycles. The summed E-state index contributed by atoms with van der Waals surface area (Å²) in [5.41, 5.74) is 0.501. The summed E-state index contributed by atoms with van der Waals surface area (Å²) in [6, 6.07) is 5.42. The van der Waals surface area contributed by atoms with Gasteiger partial charge in [0, 0.05) is 31.6 Å². The third-order valence-electron chi connectivity index (χ3n) is 4.94. The van der Waals surface area contributed by atoms with E-state index in [-0.39, 0.29) is 5.91 Å². The molecule has 7 heteroatoms. The summed E-state index contributed by atoms with van der Waals surface area (Å²) in [6.45, 7) is 4.65. The van der Waals surface area contributed by atoms with E-state index < -0.39 is 0 Å². The van der Waals surface area contributed by atoms with Crippen molar-refractivity contribution in [3.63, 3.8) is 0 Å². The van der Waals surface area contributed by atoms with E-state index >= 15 is 0 Å². The van der Waals surface area contributed by atoms with Crippen LogP contribution in [-0.2, 0) is 11.2 Å². The molecule has 3 atom stereocenters. The van der Waals surface area contributed by atoms with Gasteiger partial charge in [-0.3, -0.25) is 9.78 Å². The van der Waals surface area contributed by atoms with E-state index in [0.29, 0.717) is 54.8 Å². The Morgan fingerprint density at radius 1 is 1.33 bits per heavy atom. The third kappa shape index (κ3) is 2.91. The second-order valence-electron chi connectivity index (χ2n) is 6.59. The average molecular weight is 328 g/mol. The molecule has 2 aromatic heterocycles. The minimum Gasteiger partial charge on any atom is -0.381 e. The number of carbonyl (C=O) groups excluding carboxylic acids is 1. The van der Waals surface area contributed by atoms with Crippen LogP contribution in [0.1, 0.15) is 22.2 Å². The molecule has 0 unspecified atom stereocenters. The van der Waals surface area contributed by atoms with Crippen molar-refractivity contribution in [2.45, 2.75) is 13.3 Å². The van der Waals surface area contributed by atoms with Gasteiger partial charge in [0.2, 0.25) is 5.89 Å². The Hall–Kier alpha value is -2.28. The summed E-state index contributed by atoms with van der Waals surface area (Å²) in [6.07, 6.45) is 2.35. The van der Waals surface area contributed by atoms with Crippen molar-refractivity contribution < 1.29 is 14.1 Å². The van der Waals surface area contributed by atoms with Crippen LogP contribution in [0.2, 0.25) is 0 Å². The second kappa shape index (κ2) is 6.32. The first-order valence-electron chi connectivity index (χ1n) is 8.28. The molecule has 0 aromatic carbocycles. The van der Waals surface area contributed by atoms with Crippen molar-refractivity contribution in [1.29, 1.82) is 0 Å². The first-order chi connectivity index (χ1) is 11.7. The van der Waals surface area contributed by atoms with Crippen LogP contribution in [0.15, 0.2) is 28.9 Å². The maximum Gasteiger partial charge on any atom is 0.272 e. The average Bonchev–Trinajstić information content (AvgIpc) is 3.22. The van der Waals surface area contributed by atoms with Gasteiger partial charge in [-0.15, -0.1) is 0 Å². The van der Waals surface area contributed by atoms with E-state index in [1.807, 2.05) is 24.0 Å². The summed E-state index contributed by atoms with van der Waals surface area (Å²) in [5, 5.41) is 3.85. The molecule has 0 spiro atoms. The molecule has 1 amide bonds. The smallest absolute Gasteiger partial charge is 0.272 e. The minimum absolute atomic E-state index is 0.00242. The fourth-order valence-corrected chi connectivity index (χ4v) is 3.78. The van der Waals surface area contributed by atoms with E-state index in [0.717, 1.165) is 13.1 Å². The highest BCUT2D eigenvalue weighted by molar-refractivity contribution is 5.92. The maximum absolute atomic E-state index is 12.6. The van der Waals surface area contributed by atoms with Gasteiger partial charge in [-0.25, -0.2) is 0 Å². The van der Waals surface area contributed by atoms with Gasteiger partial charge in [0.05, 0.1) is 13.2 Å². The zero-order valence-electron chi connectivity index (χ0n) is 13.6. The molecule has 24 heavy (non-hydrogen) atoms. The number of hydrogen-bond donors (Lipinski definition) is 0. The molecule has 0 N–H and O–H groups in total. The number of likely N-dealkylation sites (tertiary alicyclic amines) is 1. The van der Waals surface area contributed by atoms with Crippen molar-refractivity contribution in [2.75, 3.05) is 26.3 Å². The highest BCUT2D eigenvalue weighted by Gasteiger charge is 2.43. The third-order valence-corrected chi connectivity index (χ3v) is 4.94. The Balaban J connectivity index is 1.47. The van der Waals surface area contributed by atoms with Crippen molar-refractivity contribution in [1.82, 2.24) is 20.0 Å². The molecule has 0 radical (unpaired) electrons. The summed E-state index contributed by atoms with van der Waals surface area (Å²) in [4.78, 5) is 23.0. The minimum atomic E-state index is -0.00242. The summed E-state index contributed by atoms with van der Waals surface area (Å²) < 4.78 is 11.0. The Bertz CT molecular complexity index is 718. The number of ether oxygens (including phenoxy) is 1. The van der Waals surface area contributed by atoms with E-state index in [1.54, 1.807) is 12.3 Å². The van der Waals surface area contributed by atoms with E-state index in [1.165, 1.54) is 0 Å². The van der Waals surface area contributed by atoms with Crippen LogP contribution >= 0.6 is 0 Å². The molecule has 0 bridgehead atoms. The highest BCUT2D eigenvalue weighted by atomic mass is 16.5. The molecule has 4 rings (SSSR count). The van der Waals surface area contributed by atoms with Crippen molar-refractivity contribution >= 4 is 5.91 Å². The van der Waals surface area contributed by atoms with Gasteiger partial charge >= 0.3 is 0 Å². The number of aromatic nitrogens is 3. The fourth-order valence-electron chi connectivity index (χ4n) is 3.78. The number of carbonyl (C=O) groups is 1. The lowest BCUT2D eigenvalue weighted by Crippen LogP contribution is -2.36. The number of amides is 1. The molecule has 2 aromatic rings. The number of nitrogens with zero attached hydrogens (tertiary/aromatic N) is 4. The SMILES string of the molecule is Cc1noc(C[C@@H]2COC[C@H]3CN(C(=O)c4ccccn4)C[C@H]23)n1. The van der Waals surface area contributed by atoms with E-state index in [2.05, 4.69) is 15.1 Å². The summed E-state index contributed by atoms with van der Waals surface area (Å²) in [7, 11) is 0. The predicted octanol–water partition coefficient (Wildman–Crippen LogP) is 1.35. The molecule has 2 aliphatic heterocycles. The number of pyridine rings is 1. The van der Waals surface area contributed by atoms with Gasteiger partial charge in [-0.1, -0.05) is 11.2 Å². The van der Waals surface area contributed by atoms with Gasteiger partial charge in [0.1, 0.15) is 5.69 Å². The predicted molar refractivity (Wildman–Crippen MR) is 84.2 cm³/mol. The van der Waals surface area contributed by atoms with Crippen molar-refractivity contribution in [3.8, 4) is 0 Å². The van der Waals surface area contributed by atoms with Gasteiger partial charge in [-0.2, -0.15) is 4.98 Å². The first-order valence-corrected chi connectivity index (χ1v) is 8.28. The molecule has 4 heterocycles. The Morgan fingerprint density at radius 2 is 2.25 bits per heavy atom. The zero-order chi connectivity index (χ0) is 16.5. The molecule has 7 nitrogen and oxygen atoms in total. The monoisotopic (exact) mass is 328 g/mol. The van der Waals surface area contributed by atoms with Crippen molar-refractivity contribution in [3.05, 3.63) is 41.8 Å². The zero-order valence-corrected chi connectivity index (χ0v) is 13.6. The molecule has 2 saturated heterocycles. The first kappa shape index (κ1) is 15.3. The number of rotatable bonds is 3. The van der Waals surface area contributed by atoms with Crippen molar-refractivity contribution in [2.24, 2.45) is 17.8 Å². The topological polar surface area (TPSA) is 81.4 Å². The van der Waals surface area contributed by atoms with Gasteiger partial charge in [-0.05, 0) is 30.9 Å². The van der Waals surface area contributed by atoms with E-state index in [4.69, 9.17) is 9.26 Å². The lowest BCUT2D eigenvalue weighted by atomic mass is 9.81. The molecular formula is C17H20N4O3. The highest BCUT2D eigenvalue weighted by Crippen LogP contribution is 2.36. The van der Waals surface area contributed by atoms with Gasteiger partial charge in [0.25, 0.3) is 5.91 Å². The van der Waals surface area contributed by atoms with Crippen LogP contribution in [0.5, 0.6) is 0 Å². The number of fused-ring (bicyclic) bond motifs is 1. The van der Waals surface area contributed by atoms with Crippen LogP contribution in [0.3, 0.4) is 0 Å². The molecule has 2 aliphatic rings. The lowest BCUT2D eigenvalue weighted by molar-refractivity contribution is -0.0110. The number of aryl methyl sites for hydroxylation is 1. The largest absolute Gasteiger partial charge is 0.381 e. The molecule has 126 valence electrons. The normalized spacial score (nSPS) is 26.4. The van der Waals surface area contributed by atoms with E-state index in [9.17, 15) is 4.79 Å². The van der Waals surface area contributed by atoms with Crippen LogP contribution in [0, 0.1) is 24.7 Å². The van der Waals surface area contributed by atoms with Crippen LogP contribution in [0.4, 0.5) is 0 Å². The Labute approximate surface area is 140 Å². The standard InChI is InChI=1S/C17H20N4O3/c1-11-19-16(24-20-11)6-12-9-23-10-13-7-21(8-14(12)13)17(22)15-4-2-3-5-18-15/h2-5,12-14H,6-10H2,1H3/t12-,13-,14-/m1/s1. The second-order valence-corrected chi connectivity index (χ2v) is 6.59. The Morgan fingerprint density at radius 3 is 3.00 bits per heavy atom.